The van der Waals surface area contributed by atoms with E-state index in [0.29, 0.717) is 5.92 Å². The van der Waals surface area contributed by atoms with Gasteiger partial charge in [-0.05, 0) is 38.9 Å². The summed E-state index contributed by atoms with van der Waals surface area (Å²) in [7, 11) is 3.92. The van der Waals surface area contributed by atoms with Gasteiger partial charge in [-0.25, -0.2) is 0 Å². The van der Waals surface area contributed by atoms with Crippen LogP contribution in [-0.2, 0) is 0 Å². The maximum atomic E-state index is 12.6. The Labute approximate surface area is 111 Å². The third kappa shape index (κ3) is 2.81. The van der Waals surface area contributed by atoms with E-state index in [1.807, 2.05) is 38.1 Å². The van der Waals surface area contributed by atoms with E-state index in [1.54, 1.807) is 0 Å². The molecule has 0 saturated carbocycles. The van der Waals surface area contributed by atoms with Crippen molar-refractivity contribution in [3.05, 3.63) is 35.4 Å². The minimum Gasteiger partial charge on any atom is -0.297 e. The first kappa shape index (κ1) is 14.9. The Morgan fingerprint density at radius 3 is 2.06 bits per heavy atom. The Bertz CT molecular complexity index is 406. The second-order valence-electron chi connectivity index (χ2n) is 5.63. The topological polar surface area (TPSA) is 20.3 Å². The molecule has 0 bridgehead atoms. The van der Waals surface area contributed by atoms with Crippen LogP contribution in [0.1, 0.15) is 56.0 Å². The van der Waals surface area contributed by atoms with Crippen LogP contribution in [-0.4, -0.2) is 30.3 Å². The Balaban J connectivity index is 3.03. The molecule has 0 spiro atoms. The second kappa shape index (κ2) is 5.66. The van der Waals surface area contributed by atoms with Gasteiger partial charge in [-0.2, -0.15) is 0 Å². The standard InChI is InChI=1S/C16H25NO/c1-7-16(4,17(5)6)15(18)14-10-8-13(9-11-14)12(2)3/h8-12H,7H2,1-6H3. The fourth-order valence-corrected chi connectivity index (χ4v) is 2.01. The minimum absolute atomic E-state index is 0.199. The summed E-state index contributed by atoms with van der Waals surface area (Å²) < 4.78 is 0. The number of hydrogen-bond donors (Lipinski definition) is 0. The molecule has 1 unspecified atom stereocenters. The van der Waals surface area contributed by atoms with Gasteiger partial charge in [0.25, 0.3) is 0 Å². The first-order chi connectivity index (χ1) is 8.32. The van der Waals surface area contributed by atoms with Gasteiger partial charge in [-0.3, -0.25) is 9.69 Å². The van der Waals surface area contributed by atoms with Crippen LogP contribution in [0.4, 0.5) is 0 Å². The maximum absolute atomic E-state index is 12.6. The molecule has 1 rings (SSSR count). The molecule has 2 nitrogen and oxygen atoms in total. The van der Waals surface area contributed by atoms with Crippen molar-refractivity contribution >= 4 is 5.78 Å². The number of carbonyl (C=O) groups is 1. The summed E-state index contributed by atoms with van der Waals surface area (Å²) >= 11 is 0. The average molecular weight is 247 g/mol. The second-order valence-corrected chi connectivity index (χ2v) is 5.63. The van der Waals surface area contributed by atoms with Crippen LogP contribution in [0.2, 0.25) is 0 Å². The monoisotopic (exact) mass is 247 g/mol. The van der Waals surface area contributed by atoms with Gasteiger partial charge in [0.1, 0.15) is 0 Å². The van der Waals surface area contributed by atoms with Crippen molar-refractivity contribution < 1.29 is 4.79 Å². The highest BCUT2D eigenvalue weighted by Gasteiger charge is 2.34. The van der Waals surface area contributed by atoms with E-state index in [0.717, 1.165) is 12.0 Å². The summed E-state index contributed by atoms with van der Waals surface area (Å²) in [6.07, 6.45) is 0.810. The van der Waals surface area contributed by atoms with Crippen molar-refractivity contribution in [2.24, 2.45) is 0 Å². The number of nitrogens with zero attached hydrogens (tertiary/aromatic N) is 1. The number of carbonyl (C=O) groups excluding carboxylic acids is 1. The van der Waals surface area contributed by atoms with Gasteiger partial charge in [0.15, 0.2) is 5.78 Å². The Hall–Kier alpha value is -1.15. The van der Waals surface area contributed by atoms with Crippen molar-refractivity contribution in [2.75, 3.05) is 14.1 Å². The molecule has 2 heteroatoms. The average Bonchev–Trinajstić information content (AvgIpc) is 2.36. The lowest BCUT2D eigenvalue weighted by atomic mass is 9.87. The first-order valence-electron chi connectivity index (χ1n) is 6.65. The van der Waals surface area contributed by atoms with Gasteiger partial charge < -0.3 is 0 Å². The number of rotatable bonds is 5. The van der Waals surface area contributed by atoms with Crippen LogP contribution in [0.5, 0.6) is 0 Å². The first-order valence-corrected chi connectivity index (χ1v) is 6.65. The summed E-state index contributed by atoms with van der Waals surface area (Å²) in [5.41, 5.74) is 1.66. The SMILES string of the molecule is CCC(C)(C(=O)c1ccc(C(C)C)cc1)N(C)C. The minimum atomic E-state index is -0.417. The molecule has 1 aromatic carbocycles. The highest BCUT2D eigenvalue weighted by atomic mass is 16.1. The molecule has 0 fully saturated rings. The van der Waals surface area contributed by atoms with Gasteiger partial charge in [0.05, 0.1) is 5.54 Å². The molecule has 1 aromatic rings. The number of benzene rings is 1. The molecule has 0 aliphatic rings. The molecule has 0 aliphatic heterocycles. The van der Waals surface area contributed by atoms with E-state index in [1.165, 1.54) is 5.56 Å². The van der Waals surface area contributed by atoms with Crippen LogP contribution >= 0.6 is 0 Å². The van der Waals surface area contributed by atoms with E-state index >= 15 is 0 Å². The van der Waals surface area contributed by atoms with E-state index in [2.05, 4.69) is 32.9 Å². The van der Waals surface area contributed by atoms with Crippen LogP contribution in [0.25, 0.3) is 0 Å². The van der Waals surface area contributed by atoms with E-state index in [-0.39, 0.29) is 5.78 Å². The number of ketones is 1. The quantitative estimate of drug-likeness (QED) is 0.739. The smallest absolute Gasteiger partial charge is 0.182 e. The van der Waals surface area contributed by atoms with Crippen molar-refractivity contribution in [1.82, 2.24) is 4.90 Å². The normalized spacial score (nSPS) is 14.9. The van der Waals surface area contributed by atoms with E-state index < -0.39 is 5.54 Å². The lowest BCUT2D eigenvalue weighted by Crippen LogP contribution is -2.48. The zero-order chi connectivity index (χ0) is 13.9. The number of Topliss-reactive ketones (excluding diaryl/α,β-unsaturated/α-hetero) is 1. The molecule has 0 aliphatic carbocycles. The number of likely N-dealkylation sites (N-methyl/N-ethyl adjacent to an activating group) is 1. The van der Waals surface area contributed by atoms with E-state index in [9.17, 15) is 4.79 Å². The van der Waals surface area contributed by atoms with Crippen molar-refractivity contribution in [2.45, 2.75) is 45.6 Å². The Kier molecular flexibility index (Phi) is 4.69. The van der Waals surface area contributed by atoms with Gasteiger partial charge in [0, 0.05) is 5.56 Å². The Morgan fingerprint density at radius 2 is 1.72 bits per heavy atom. The molecule has 0 amide bonds. The molecular formula is C16H25NO. The largest absolute Gasteiger partial charge is 0.297 e. The summed E-state index contributed by atoms with van der Waals surface area (Å²) in [6.45, 7) is 8.38. The van der Waals surface area contributed by atoms with Crippen LogP contribution in [0, 0.1) is 0 Å². The van der Waals surface area contributed by atoms with E-state index in [4.69, 9.17) is 0 Å². The third-order valence-corrected chi connectivity index (χ3v) is 4.00. The summed E-state index contributed by atoms with van der Waals surface area (Å²) in [5.74, 6) is 0.700. The van der Waals surface area contributed by atoms with Crippen LogP contribution in [0.3, 0.4) is 0 Å². The van der Waals surface area contributed by atoms with Gasteiger partial charge in [-0.1, -0.05) is 45.0 Å². The summed E-state index contributed by atoms with van der Waals surface area (Å²) in [5, 5.41) is 0. The molecular weight excluding hydrogens is 222 g/mol. The molecule has 0 radical (unpaired) electrons. The third-order valence-electron chi connectivity index (χ3n) is 4.00. The fourth-order valence-electron chi connectivity index (χ4n) is 2.01. The van der Waals surface area contributed by atoms with Crippen molar-refractivity contribution in [3.63, 3.8) is 0 Å². The van der Waals surface area contributed by atoms with Crippen molar-refractivity contribution in [1.29, 1.82) is 0 Å². The number of hydrogen-bond acceptors (Lipinski definition) is 2. The Morgan fingerprint density at radius 1 is 1.22 bits per heavy atom. The predicted octanol–water partition coefficient (Wildman–Crippen LogP) is 3.72. The molecule has 0 heterocycles. The van der Waals surface area contributed by atoms with Gasteiger partial charge in [0.2, 0.25) is 0 Å². The zero-order valence-corrected chi connectivity index (χ0v) is 12.4. The zero-order valence-electron chi connectivity index (χ0n) is 12.4. The molecule has 0 N–H and O–H groups in total. The summed E-state index contributed by atoms with van der Waals surface area (Å²) in [6, 6.07) is 8.03. The van der Waals surface area contributed by atoms with Crippen LogP contribution in [0.15, 0.2) is 24.3 Å². The van der Waals surface area contributed by atoms with Crippen molar-refractivity contribution in [3.8, 4) is 0 Å². The maximum Gasteiger partial charge on any atom is 0.182 e. The molecule has 0 aromatic heterocycles. The molecule has 1 atom stereocenters. The highest BCUT2D eigenvalue weighted by Crippen LogP contribution is 2.23. The summed E-state index contributed by atoms with van der Waals surface area (Å²) in [4.78, 5) is 14.6. The highest BCUT2D eigenvalue weighted by molar-refractivity contribution is 6.02. The predicted molar refractivity (Wildman–Crippen MR) is 77.2 cm³/mol. The lowest BCUT2D eigenvalue weighted by molar-refractivity contribution is 0.0710. The molecule has 18 heavy (non-hydrogen) atoms. The lowest BCUT2D eigenvalue weighted by Gasteiger charge is -2.34. The van der Waals surface area contributed by atoms with Gasteiger partial charge >= 0.3 is 0 Å². The van der Waals surface area contributed by atoms with Gasteiger partial charge in [-0.15, -0.1) is 0 Å². The fraction of sp³-hybridized carbons (Fsp3) is 0.562. The molecule has 100 valence electrons. The van der Waals surface area contributed by atoms with Crippen LogP contribution < -0.4 is 0 Å². The molecule has 0 saturated heterocycles.